The van der Waals surface area contributed by atoms with Crippen molar-refractivity contribution in [2.75, 3.05) is 21.3 Å². The molecule has 3 aromatic rings. The number of carbonyl (C=O) groups excluding carboxylic acids is 1. The summed E-state index contributed by atoms with van der Waals surface area (Å²) in [6.45, 7) is 0.470. The van der Waals surface area contributed by atoms with Crippen LogP contribution in [0, 0.1) is 0 Å². The summed E-state index contributed by atoms with van der Waals surface area (Å²) in [5.41, 5.74) is 1.75. The van der Waals surface area contributed by atoms with Crippen molar-refractivity contribution in [3.63, 3.8) is 0 Å². The van der Waals surface area contributed by atoms with E-state index >= 15 is 0 Å². The molecule has 0 saturated carbocycles. The van der Waals surface area contributed by atoms with Crippen molar-refractivity contribution >= 4 is 33.5 Å². The second kappa shape index (κ2) is 8.01. The molecule has 26 heavy (non-hydrogen) atoms. The second-order valence-electron chi connectivity index (χ2n) is 5.69. The van der Waals surface area contributed by atoms with Crippen LogP contribution in [0.3, 0.4) is 0 Å². The highest BCUT2D eigenvalue weighted by Crippen LogP contribution is 2.31. The molecule has 0 aliphatic rings. The summed E-state index contributed by atoms with van der Waals surface area (Å²) in [6.07, 6.45) is 3.27. The third-order valence-electron chi connectivity index (χ3n) is 3.93. The predicted molar refractivity (Wildman–Crippen MR) is 105 cm³/mol. The molecular formula is C20H20N2O3S. The lowest BCUT2D eigenvalue weighted by Crippen LogP contribution is -2.23. The van der Waals surface area contributed by atoms with Crippen molar-refractivity contribution in [2.24, 2.45) is 0 Å². The van der Waals surface area contributed by atoms with Crippen LogP contribution >= 0.6 is 11.3 Å². The maximum atomic E-state index is 12.4. The van der Waals surface area contributed by atoms with Crippen LogP contribution in [0.25, 0.3) is 16.3 Å². The van der Waals surface area contributed by atoms with Crippen LogP contribution in [0.1, 0.15) is 10.6 Å². The molecule has 0 atom stereocenters. The van der Waals surface area contributed by atoms with E-state index in [0.29, 0.717) is 18.0 Å². The fourth-order valence-electron chi connectivity index (χ4n) is 2.60. The number of hydrogen-bond acceptors (Lipinski definition) is 5. The number of amides is 1. The van der Waals surface area contributed by atoms with Crippen molar-refractivity contribution in [3.05, 3.63) is 59.1 Å². The van der Waals surface area contributed by atoms with E-state index in [1.54, 1.807) is 43.6 Å². The largest absolute Gasteiger partial charge is 0.493 e. The average Bonchev–Trinajstić information content (AvgIpc) is 3.07. The van der Waals surface area contributed by atoms with E-state index in [9.17, 15) is 4.79 Å². The minimum atomic E-state index is -0.103. The van der Waals surface area contributed by atoms with Gasteiger partial charge in [-0.3, -0.25) is 4.79 Å². The van der Waals surface area contributed by atoms with Crippen LogP contribution < -0.4 is 9.47 Å². The number of likely N-dealkylation sites (N-methyl/N-ethyl adjacent to an activating group) is 1. The van der Waals surface area contributed by atoms with E-state index in [0.717, 1.165) is 20.8 Å². The van der Waals surface area contributed by atoms with Crippen molar-refractivity contribution in [2.45, 2.75) is 6.54 Å². The molecule has 0 aliphatic heterocycles. The van der Waals surface area contributed by atoms with Gasteiger partial charge in [0.25, 0.3) is 0 Å². The van der Waals surface area contributed by atoms with Gasteiger partial charge in [0.15, 0.2) is 11.5 Å². The summed E-state index contributed by atoms with van der Waals surface area (Å²) >= 11 is 1.60. The number of rotatable bonds is 6. The quantitative estimate of drug-likeness (QED) is 0.618. The first-order valence-corrected chi connectivity index (χ1v) is 8.92. The number of fused-ring (bicyclic) bond motifs is 1. The number of nitrogens with zero attached hydrogens (tertiary/aromatic N) is 2. The summed E-state index contributed by atoms with van der Waals surface area (Å²) in [5, 5.41) is 0.911. The lowest BCUT2D eigenvalue weighted by molar-refractivity contribution is -0.125. The van der Waals surface area contributed by atoms with Gasteiger partial charge in [-0.1, -0.05) is 24.3 Å². The zero-order valence-corrected chi connectivity index (χ0v) is 15.7. The number of aromatic nitrogens is 1. The summed E-state index contributed by atoms with van der Waals surface area (Å²) in [6, 6.07) is 13.5. The Morgan fingerprint density at radius 2 is 1.96 bits per heavy atom. The normalized spacial score (nSPS) is 11.0. The zero-order chi connectivity index (χ0) is 18.5. The van der Waals surface area contributed by atoms with Gasteiger partial charge in [0.05, 0.1) is 31.0 Å². The van der Waals surface area contributed by atoms with Crippen LogP contribution in [0.5, 0.6) is 11.5 Å². The first-order valence-electron chi connectivity index (χ1n) is 8.11. The molecule has 134 valence electrons. The van der Waals surface area contributed by atoms with Gasteiger partial charge in [-0.2, -0.15) is 0 Å². The lowest BCUT2D eigenvalue weighted by Gasteiger charge is -2.13. The van der Waals surface area contributed by atoms with E-state index in [1.807, 2.05) is 42.5 Å². The summed E-state index contributed by atoms with van der Waals surface area (Å²) < 4.78 is 11.8. The van der Waals surface area contributed by atoms with Gasteiger partial charge < -0.3 is 14.4 Å². The highest BCUT2D eigenvalue weighted by Gasteiger charge is 2.11. The summed E-state index contributed by atoms with van der Waals surface area (Å²) in [5.74, 6) is 1.13. The van der Waals surface area contributed by atoms with Gasteiger partial charge in [0.1, 0.15) is 5.01 Å². The molecule has 0 unspecified atom stereocenters. The van der Waals surface area contributed by atoms with E-state index in [-0.39, 0.29) is 5.91 Å². The second-order valence-corrected chi connectivity index (χ2v) is 6.80. The fourth-order valence-corrected chi connectivity index (χ4v) is 3.62. The molecule has 6 heteroatoms. The minimum absolute atomic E-state index is 0.103. The SMILES string of the molecule is COc1cccc(/C=C/C(=O)N(C)Cc2nc3ccccc3s2)c1OC. The van der Waals surface area contributed by atoms with Gasteiger partial charge in [-0.15, -0.1) is 11.3 Å². The maximum absolute atomic E-state index is 12.4. The molecular weight excluding hydrogens is 348 g/mol. The molecule has 5 nitrogen and oxygen atoms in total. The maximum Gasteiger partial charge on any atom is 0.246 e. The van der Waals surface area contributed by atoms with Crippen molar-refractivity contribution in [1.82, 2.24) is 9.88 Å². The van der Waals surface area contributed by atoms with Crippen LogP contribution in [0.2, 0.25) is 0 Å². The molecule has 0 fully saturated rings. The van der Waals surface area contributed by atoms with Crippen LogP contribution in [-0.4, -0.2) is 37.1 Å². The highest BCUT2D eigenvalue weighted by atomic mass is 32.1. The van der Waals surface area contributed by atoms with E-state index in [2.05, 4.69) is 4.98 Å². The van der Waals surface area contributed by atoms with Crippen LogP contribution in [0.15, 0.2) is 48.5 Å². The number of ether oxygens (including phenoxy) is 2. The van der Waals surface area contributed by atoms with Gasteiger partial charge in [0.2, 0.25) is 5.91 Å². The van der Waals surface area contributed by atoms with Crippen molar-refractivity contribution in [1.29, 1.82) is 0 Å². The van der Waals surface area contributed by atoms with Crippen molar-refractivity contribution < 1.29 is 14.3 Å². The minimum Gasteiger partial charge on any atom is -0.493 e. The molecule has 1 aromatic heterocycles. The Morgan fingerprint density at radius 1 is 1.15 bits per heavy atom. The number of methoxy groups -OCH3 is 2. The average molecular weight is 368 g/mol. The van der Waals surface area contributed by atoms with Gasteiger partial charge >= 0.3 is 0 Å². The molecule has 1 heterocycles. The van der Waals surface area contributed by atoms with E-state index in [1.165, 1.54) is 6.08 Å². The Hall–Kier alpha value is -2.86. The Bertz CT molecular complexity index is 916. The van der Waals surface area contributed by atoms with E-state index < -0.39 is 0 Å². The molecule has 3 rings (SSSR count). The number of thiazole rings is 1. The molecule has 0 bridgehead atoms. The molecule has 0 spiro atoms. The third-order valence-corrected chi connectivity index (χ3v) is 4.95. The number of hydrogen-bond donors (Lipinski definition) is 0. The number of para-hydroxylation sites is 2. The molecule has 2 aromatic carbocycles. The summed E-state index contributed by atoms with van der Waals surface area (Å²) in [4.78, 5) is 18.6. The van der Waals surface area contributed by atoms with Gasteiger partial charge in [-0.25, -0.2) is 4.98 Å². The first kappa shape index (κ1) is 17.9. The molecule has 0 saturated heterocycles. The standard InChI is InChI=1S/C20H20N2O3S/c1-22(13-18-21-15-8-4-5-10-17(15)26-18)19(23)12-11-14-7-6-9-16(24-2)20(14)25-3/h4-12H,13H2,1-3H3/b12-11+. The smallest absolute Gasteiger partial charge is 0.246 e. The Labute approximate surface area is 156 Å². The Kier molecular flexibility index (Phi) is 5.53. The molecule has 0 aliphatic carbocycles. The van der Waals surface area contributed by atoms with Gasteiger partial charge in [-0.05, 0) is 24.3 Å². The molecule has 1 amide bonds. The molecule has 0 radical (unpaired) electrons. The number of carbonyl (C=O) groups is 1. The summed E-state index contributed by atoms with van der Waals surface area (Å²) in [7, 11) is 4.93. The Morgan fingerprint density at radius 3 is 2.69 bits per heavy atom. The Balaban J connectivity index is 1.72. The third kappa shape index (κ3) is 3.86. The molecule has 0 N–H and O–H groups in total. The van der Waals surface area contributed by atoms with Gasteiger partial charge in [0, 0.05) is 18.7 Å². The highest BCUT2D eigenvalue weighted by molar-refractivity contribution is 7.18. The fraction of sp³-hybridized carbons (Fsp3) is 0.200. The van der Waals surface area contributed by atoms with Crippen molar-refractivity contribution in [3.8, 4) is 11.5 Å². The topological polar surface area (TPSA) is 51.7 Å². The lowest BCUT2D eigenvalue weighted by atomic mass is 10.1. The first-order chi connectivity index (χ1) is 12.6. The van der Waals surface area contributed by atoms with Crippen LogP contribution in [0.4, 0.5) is 0 Å². The monoisotopic (exact) mass is 368 g/mol. The zero-order valence-electron chi connectivity index (χ0n) is 14.9. The predicted octanol–water partition coefficient (Wildman–Crippen LogP) is 3.99. The van der Waals surface area contributed by atoms with E-state index in [4.69, 9.17) is 9.47 Å². The number of benzene rings is 2. The van der Waals surface area contributed by atoms with Crippen LogP contribution in [-0.2, 0) is 11.3 Å².